The SMILES string of the molecule is CCN(Cc1ccccn1)[C@H]1CCc2ccccc2NC1=O. The largest absolute Gasteiger partial charge is 0.324 e. The summed E-state index contributed by atoms with van der Waals surface area (Å²) in [6.07, 6.45) is 3.55. The van der Waals surface area contributed by atoms with Crippen LogP contribution in [0.2, 0.25) is 0 Å². The van der Waals surface area contributed by atoms with E-state index in [0.29, 0.717) is 6.54 Å². The normalized spacial score (nSPS) is 17.7. The average Bonchev–Trinajstić information content (AvgIpc) is 2.72. The molecule has 0 saturated heterocycles. The van der Waals surface area contributed by atoms with E-state index in [1.807, 2.05) is 36.4 Å². The second-order valence-corrected chi connectivity index (χ2v) is 5.59. The Bertz CT molecular complexity index is 642. The molecule has 1 N–H and O–H groups in total. The lowest BCUT2D eigenvalue weighted by atomic mass is 10.0. The first-order chi connectivity index (χ1) is 10.8. The highest BCUT2D eigenvalue weighted by molar-refractivity contribution is 5.96. The molecule has 0 unspecified atom stereocenters. The Labute approximate surface area is 131 Å². The third-order valence-electron chi connectivity index (χ3n) is 4.20. The van der Waals surface area contributed by atoms with E-state index < -0.39 is 0 Å². The average molecular weight is 295 g/mol. The number of likely N-dealkylation sites (N-methyl/N-ethyl adjacent to an activating group) is 1. The Morgan fingerprint density at radius 2 is 2.05 bits per heavy atom. The number of pyridine rings is 1. The second-order valence-electron chi connectivity index (χ2n) is 5.59. The van der Waals surface area contributed by atoms with Crippen molar-refractivity contribution in [2.24, 2.45) is 0 Å². The molecule has 0 spiro atoms. The number of fused-ring (bicyclic) bond motifs is 1. The number of nitrogens with one attached hydrogen (secondary N) is 1. The van der Waals surface area contributed by atoms with Crippen LogP contribution < -0.4 is 5.32 Å². The van der Waals surface area contributed by atoms with Crippen LogP contribution >= 0.6 is 0 Å². The second kappa shape index (κ2) is 6.71. The van der Waals surface area contributed by atoms with Gasteiger partial charge in [-0.25, -0.2) is 0 Å². The monoisotopic (exact) mass is 295 g/mol. The lowest BCUT2D eigenvalue weighted by Gasteiger charge is -2.28. The summed E-state index contributed by atoms with van der Waals surface area (Å²) in [7, 11) is 0. The van der Waals surface area contributed by atoms with E-state index in [4.69, 9.17) is 0 Å². The van der Waals surface area contributed by atoms with Crippen molar-refractivity contribution in [2.45, 2.75) is 32.4 Å². The Kier molecular flexibility index (Phi) is 4.49. The van der Waals surface area contributed by atoms with E-state index in [2.05, 4.69) is 28.2 Å². The molecule has 114 valence electrons. The molecule has 1 aliphatic heterocycles. The first-order valence-corrected chi connectivity index (χ1v) is 7.80. The smallest absolute Gasteiger partial charge is 0.241 e. The minimum Gasteiger partial charge on any atom is -0.324 e. The van der Waals surface area contributed by atoms with E-state index in [9.17, 15) is 4.79 Å². The molecule has 0 bridgehead atoms. The van der Waals surface area contributed by atoms with Crippen molar-refractivity contribution in [3.05, 3.63) is 59.9 Å². The highest BCUT2D eigenvalue weighted by Gasteiger charge is 2.28. The Morgan fingerprint density at radius 3 is 2.82 bits per heavy atom. The molecule has 0 fully saturated rings. The van der Waals surface area contributed by atoms with Gasteiger partial charge in [0.15, 0.2) is 0 Å². The van der Waals surface area contributed by atoms with Crippen molar-refractivity contribution in [1.82, 2.24) is 9.88 Å². The lowest BCUT2D eigenvalue weighted by Crippen LogP contribution is -2.43. The number of carbonyl (C=O) groups is 1. The van der Waals surface area contributed by atoms with Gasteiger partial charge in [-0.2, -0.15) is 0 Å². The molecule has 4 heteroatoms. The van der Waals surface area contributed by atoms with Crippen molar-refractivity contribution in [3.63, 3.8) is 0 Å². The van der Waals surface area contributed by atoms with Crippen LogP contribution in [0.1, 0.15) is 24.6 Å². The van der Waals surface area contributed by atoms with Gasteiger partial charge < -0.3 is 5.32 Å². The van der Waals surface area contributed by atoms with Gasteiger partial charge in [0.2, 0.25) is 5.91 Å². The fraction of sp³-hybridized carbons (Fsp3) is 0.333. The summed E-state index contributed by atoms with van der Waals surface area (Å²) >= 11 is 0. The van der Waals surface area contributed by atoms with E-state index in [1.54, 1.807) is 6.20 Å². The molecule has 1 aliphatic rings. The number of nitrogens with zero attached hydrogens (tertiary/aromatic N) is 2. The number of carbonyl (C=O) groups excluding carboxylic acids is 1. The van der Waals surface area contributed by atoms with E-state index in [1.165, 1.54) is 5.56 Å². The summed E-state index contributed by atoms with van der Waals surface area (Å²) in [6, 6.07) is 13.8. The van der Waals surface area contributed by atoms with Gasteiger partial charge in [-0.05, 0) is 43.1 Å². The molecule has 1 aromatic carbocycles. The molecule has 0 aliphatic carbocycles. The van der Waals surface area contributed by atoms with Gasteiger partial charge in [0, 0.05) is 18.4 Å². The number of benzene rings is 1. The molecule has 3 rings (SSSR count). The maximum Gasteiger partial charge on any atom is 0.241 e. The third-order valence-corrected chi connectivity index (χ3v) is 4.20. The Balaban J connectivity index is 1.77. The minimum absolute atomic E-state index is 0.0859. The quantitative estimate of drug-likeness (QED) is 0.943. The fourth-order valence-electron chi connectivity index (χ4n) is 2.99. The molecule has 2 aromatic rings. The molecule has 0 radical (unpaired) electrons. The van der Waals surface area contributed by atoms with Crippen LogP contribution in [0.5, 0.6) is 0 Å². The summed E-state index contributed by atoms with van der Waals surface area (Å²) < 4.78 is 0. The van der Waals surface area contributed by atoms with Crippen LogP contribution in [0.3, 0.4) is 0 Å². The zero-order chi connectivity index (χ0) is 15.4. The van der Waals surface area contributed by atoms with Crippen molar-refractivity contribution in [3.8, 4) is 0 Å². The molecule has 4 nitrogen and oxygen atoms in total. The van der Waals surface area contributed by atoms with Gasteiger partial charge in [0.05, 0.1) is 11.7 Å². The topological polar surface area (TPSA) is 45.2 Å². The van der Waals surface area contributed by atoms with Crippen LogP contribution in [-0.2, 0) is 17.8 Å². The van der Waals surface area contributed by atoms with Gasteiger partial charge >= 0.3 is 0 Å². The summed E-state index contributed by atoms with van der Waals surface area (Å²) in [4.78, 5) is 19.2. The van der Waals surface area contributed by atoms with Crippen LogP contribution in [0.4, 0.5) is 5.69 Å². The maximum absolute atomic E-state index is 12.6. The summed E-state index contributed by atoms with van der Waals surface area (Å²) in [5.74, 6) is 0.0859. The predicted octanol–water partition coefficient (Wildman–Crippen LogP) is 2.86. The number of para-hydroxylation sites is 1. The van der Waals surface area contributed by atoms with Gasteiger partial charge in [-0.3, -0.25) is 14.7 Å². The van der Waals surface area contributed by atoms with Gasteiger partial charge in [0.1, 0.15) is 0 Å². The van der Waals surface area contributed by atoms with Crippen LogP contribution in [0, 0.1) is 0 Å². The molecule has 22 heavy (non-hydrogen) atoms. The standard InChI is InChI=1S/C18H21N3O/c1-2-21(13-15-8-5-6-12-19-15)17-11-10-14-7-3-4-9-16(14)20-18(17)22/h3-9,12,17H,2,10-11,13H2,1H3,(H,20,22)/t17-/m0/s1. The Hall–Kier alpha value is -2.20. The lowest BCUT2D eigenvalue weighted by molar-refractivity contribution is -0.121. The van der Waals surface area contributed by atoms with Crippen molar-refractivity contribution >= 4 is 11.6 Å². The number of anilines is 1. The molecule has 2 heterocycles. The number of hydrogen-bond donors (Lipinski definition) is 1. The number of rotatable bonds is 4. The minimum atomic E-state index is -0.112. The Morgan fingerprint density at radius 1 is 1.23 bits per heavy atom. The molecular formula is C18H21N3O. The molecule has 1 atom stereocenters. The first-order valence-electron chi connectivity index (χ1n) is 7.80. The highest BCUT2D eigenvalue weighted by atomic mass is 16.2. The number of amides is 1. The number of hydrogen-bond acceptors (Lipinski definition) is 3. The van der Waals surface area contributed by atoms with Crippen molar-refractivity contribution in [1.29, 1.82) is 0 Å². The van der Waals surface area contributed by atoms with Crippen molar-refractivity contribution in [2.75, 3.05) is 11.9 Å². The zero-order valence-corrected chi connectivity index (χ0v) is 12.8. The summed E-state index contributed by atoms with van der Waals surface area (Å²) in [5.41, 5.74) is 3.16. The number of aryl methyl sites for hydroxylation is 1. The fourth-order valence-corrected chi connectivity index (χ4v) is 2.99. The van der Waals surface area contributed by atoms with Gasteiger partial charge in [-0.1, -0.05) is 31.2 Å². The third kappa shape index (κ3) is 3.17. The van der Waals surface area contributed by atoms with E-state index in [0.717, 1.165) is 30.8 Å². The summed E-state index contributed by atoms with van der Waals surface area (Å²) in [6.45, 7) is 3.62. The molecular weight excluding hydrogens is 274 g/mol. The summed E-state index contributed by atoms with van der Waals surface area (Å²) in [5, 5.41) is 3.07. The van der Waals surface area contributed by atoms with Crippen molar-refractivity contribution < 1.29 is 4.79 Å². The van der Waals surface area contributed by atoms with E-state index >= 15 is 0 Å². The van der Waals surface area contributed by atoms with Crippen LogP contribution in [0.15, 0.2) is 48.7 Å². The van der Waals surface area contributed by atoms with Gasteiger partial charge in [-0.15, -0.1) is 0 Å². The number of aromatic nitrogens is 1. The maximum atomic E-state index is 12.6. The van der Waals surface area contributed by atoms with Crippen LogP contribution in [0.25, 0.3) is 0 Å². The molecule has 1 aromatic heterocycles. The zero-order valence-electron chi connectivity index (χ0n) is 12.8. The molecule has 0 saturated carbocycles. The predicted molar refractivity (Wildman–Crippen MR) is 87.5 cm³/mol. The molecule has 1 amide bonds. The highest BCUT2D eigenvalue weighted by Crippen LogP contribution is 2.24. The first kappa shape index (κ1) is 14.7. The van der Waals surface area contributed by atoms with Crippen LogP contribution in [-0.4, -0.2) is 28.4 Å². The van der Waals surface area contributed by atoms with Gasteiger partial charge in [0.25, 0.3) is 0 Å². The van der Waals surface area contributed by atoms with E-state index in [-0.39, 0.29) is 11.9 Å².